The molecule has 1 aliphatic heterocycles. The number of allylic oxidation sites excluding steroid dienone is 1. The summed E-state index contributed by atoms with van der Waals surface area (Å²) in [5.74, 6) is 0.511. The molecule has 1 heterocycles. The summed E-state index contributed by atoms with van der Waals surface area (Å²) in [4.78, 5) is 16.3. The van der Waals surface area contributed by atoms with E-state index in [0.29, 0.717) is 0 Å². The fourth-order valence-electron chi connectivity index (χ4n) is 2.19. The molecule has 1 fully saturated rings. The zero-order valence-corrected chi connectivity index (χ0v) is 11.9. The number of carbonyl (C=O) groups excluding carboxylic acids is 1. The maximum atomic E-state index is 11.9. The summed E-state index contributed by atoms with van der Waals surface area (Å²) in [7, 11) is 3.87. The number of nitrogens with zero attached hydrogens (tertiary/aromatic N) is 2. The standard InChI is InChI=1S/C14H26N2O/c1-14(2,3)16-10-6-12(7-11-16)13(17)8-9-15(4)5/h8-9,12H,6-7,10-11H2,1-5H3. The Kier molecular flexibility index (Phi) is 4.75. The molecule has 0 spiro atoms. The predicted octanol–water partition coefficient (Wildman–Crippen LogP) is 2.14. The smallest absolute Gasteiger partial charge is 0.160 e. The summed E-state index contributed by atoms with van der Waals surface area (Å²) in [6.07, 6.45) is 5.55. The predicted molar refractivity (Wildman–Crippen MR) is 71.9 cm³/mol. The SMILES string of the molecule is CN(C)C=CC(=O)C1CCN(C(C)(C)C)CC1. The molecule has 0 unspecified atom stereocenters. The third kappa shape index (κ3) is 4.50. The first-order valence-electron chi connectivity index (χ1n) is 6.44. The molecular formula is C14H26N2O. The van der Waals surface area contributed by atoms with E-state index in [-0.39, 0.29) is 17.2 Å². The van der Waals surface area contributed by atoms with Crippen molar-refractivity contribution < 1.29 is 4.79 Å². The molecule has 3 heteroatoms. The third-order valence-electron chi connectivity index (χ3n) is 3.38. The number of rotatable bonds is 3. The first-order chi connectivity index (χ1) is 7.80. The molecule has 0 bridgehead atoms. The van der Waals surface area contributed by atoms with Crippen LogP contribution in [0.5, 0.6) is 0 Å². The molecule has 98 valence electrons. The van der Waals surface area contributed by atoms with Crippen molar-refractivity contribution in [1.29, 1.82) is 0 Å². The molecule has 1 aliphatic rings. The number of hydrogen-bond donors (Lipinski definition) is 0. The van der Waals surface area contributed by atoms with Crippen molar-refractivity contribution in [3.63, 3.8) is 0 Å². The highest BCUT2D eigenvalue weighted by Gasteiger charge is 2.29. The van der Waals surface area contributed by atoms with Gasteiger partial charge >= 0.3 is 0 Å². The van der Waals surface area contributed by atoms with Gasteiger partial charge in [-0.3, -0.25) is 9.69 Å². The second-order valence-corrected chi connectivity index (χ2v) is 6.11. The van der Waals surface area contributed by atoms with Gasteiger partial charge in [-0.15, -0.1) is 0 Å². The summed E-state index contributed by atoms with van der Waals surface area (Å²) < 4.78 is 0. The molecule has 0 amide bonds. The Morgan fingerprint density at radius 1 is 1.24 bits per heavy atom. The van der Waals surface area contributed by atoms with Gasteiger partial charge in [0.25, 0.3) is 0 Å². The molecule has 0 aromatic heterocycles. The summed E-state index contributed by atoms with van der Waals surface area (Å²) >= 11 is 0. The van der Waals surface area contributed by atoms with Gasteiger partial charge in [0.15, 0.2) is 5.78 Å². The second-order valence-electron chi connectivity index (χ2n) is 6.11. The summed E-state index contributed by atoms with van der Waals surface area (Å²) in [6, 6.07) is 0. The molecule has 0 aromatic carbocycles. The van der Waals surface area contributed by atoms with Gasteiger partial charge in [0.1, 0.15) is 0 Å². The topological polar surface area (TPSA) is 23.6 Å². The van der Waals surface area contributed by atoms with Crippen LogP contribution in [0.1, 0.15) is 33.6 Å². The normalized spacial score (nSPS) is 19.8. The van der Waals surface area contributed by atoms with E-state index in [9.17, 15) is 4.79 Å². The van der Waals surface area contributed by atoms with E-state index < -0.39 is 0 Å². The van der Waals surface area contributed by atoms with Crippen LogP contribution in [-0.2, 0) is 4.79 Å². The van der Waals surface area contributed by atoms with Crippen LogP contribution in [0.3, 0.4) is 0 Å². The zero-order valence-electron chi connectivity index (χ0n) is 11.9. The average Bonchev–Trinajstić information content (AvgIpc) is 2.25. The Bertz CT molecular complexity index is 281. The van der Waals surface area contributed by atoms with Gasteiger partial charge in [-0.05, 0) is 52.8 Å². The lowest BCUT2D eigenvalue weighted by molar-refractivity contribution is -0.120. The highest BCUT2D eigenvalue weighted by Crippen LogP contribution is 2.24. The third-order valence-corrected chi connectivity index (χ3v) is 3.38. The van der Waals surface area contributed by atoms with E-state index in [2.05, 4.69) is 25.7 Å². The van der Waals surface area contributed by atoms with E-state index in [1.165, 1.54) is 0 Å². The second kappa shape index (κ2) is 5.67. The van der Waals surface area contributed by atoms with Crippen LogP contribution in [0.15, 0.2) is 12.3 Å². The van der Waals surface area contributed by atoms with Crippen molar-refractivity contribution in [2.75, 3.05) is 27.2 Å². The first-order valence-corrected chi connectivity index (χ1v) is 6.44. The molecule has 17 heavy (non-hydrogen) atoms. The average molecular weight is 238 g/mol. The van der Waals surface area contributed by atoms with Crippen molar-refractivity contribution in [2.45, 2.75) is 39.2 Å². The largest absolute Gasteiger partial charge is 0.383 e. The van der Waals surface area contributed by atoms with Crippen LogP contribution in [-0.4, -0.2) is 48.3 Å². The molecule has 0 aliphatic carbocycles. The van der Waals surface area contributed by atoms with Gasteiger partial charge in [0.05, 0.1) is 0 Å². The molecular weight excluding hydrogens is 212 g/mol. The van der Waals surface area contributed by atoms with Gasteiger partial charge in [-0.1, -0.05) is 0 Å². The maximum absolute atomic E-state index is 11.9. The monoisotopic (exact) mass is 238 g/mol. The van der Waals surface area contributed by atoms with E-state index in [1.54, 1.807) is 6.08 Å². The van der Waals surface area contributed by atoms with Crippen molar-refractivity contribution in [3.05, 3.63) is 12.3 Å². The van der Waals surface area contributed by atoms with Crippen molar-refractivity contribution in [3.8, 4) is 0 Å². The molecule has 3 nitrogen and oxygen atoms in total. The molecule has 0 saturated carbocycles. The van der Waals surface area contributed by atoms with Gasteiger partial charge in [-0.2, -0.15) is 0 Å². The fourth-order valence-corrected chi connectivity index (χ4v) is 2.19. The van der Waals surface area contributed by atoms with E-state index in [4.69, 9.17) is 0 Å². The van der Waals surface area contributed by atoms with Crippen molar-refractivity contribution in [1.82, 2.24) is 9.80 Å². The fraction of sp³-hybridized carbons (Fsp3) is 0.786. The maximum Gasteiger partial charge on any atom is 0.160 e. The highest BCUT2D eigenvalue weighted by molar-refractivity contribution is 5.91. The van der Waals surface area contributed by atoms with Crippen molar-refractivity contribution in [2.24, 2.45) is 5.92 Å². The number of ketones is 1. The molecule has 0 radical (unpaired) electrons. The molecule has 1 saturated heterocycles. The first kappa shape index (κ1) is 14.2. The molecule has 0 N–H and O–H groups in total. The van der Waals surface area contributed by atoms with Crippen LogP contribution in [0.4, 0.5) is 0 Å². The molecule has 0 aromatic rings. The lowest BCUT2D eigenvalue weighted by atomic mass is 9.90. The summed E-state index contributed by atoms with van der Waals surface area (Å²) in [5.41, 5.74) is 0.230. The van der Waals surface area contributed by atoms with Gasteiger partial charge in [-0.25, -0.2) is 0 Å². The van der Waals surface area contributed by atoms with Crippen LogP contribution in [0.2, 0.25) is 0 Å². The molecule has 0 atom stereocenters. The van der Waals surface area contributed by atoms with E-state index >= 15 is 0 Å². The van der Waals surface area contributed by atoms with Crippen molar-refractivity contribution >= 4 is 5.78 Å². The minimum atomic E-state index is 0.227. The Morgan fingerprint density at radius 3 is 2.18 bits per heavy atom. The Morgan fingerprint density at radius 2 is 1.76 bits per heavy atom. The summed E-state index contributed by atoms with van der Waals surface area (Å²) in [6.45, 7) is 8.79. The number of hydrogen-bond acceptors (Lipinski definition) is 3. The summed E-state index contributed by atoms with van der Waals surface area (Å²) in [5, 5.41) is 0. The lowest BCUT2D eigenvalue weighted by Crippen LogP contribution is -2.47. The zero-order chi connectivity index (χ0) is 13.1. The van der Waals surface area contributed by atoms with E-state index in [1.807, 2.05) is 25.2 Å². The Labute approximate surface area is 105 Å². The molecule has 1 rings (SSSR count). The van der Waals surface area contributed by atoms with Crippen LogP contribution >= 0.6 is 0 Å². The Balaban J connectivity index is 2.44. The number of carbonyl (C=O) groups is 1. The van der Waals surface area contributed by atoms with E-state index in [0.717, 1.165) is 25.9 Å². The quantitative estimate of drug-likeness (QED) is 0.704. The minimum Gasteiger partial charge on any atom is -0.383 e. The highest BCUT2D eigenvalue weighted by atomic mass is 16.1. The minimum absolute atomic E-state index is 0.227. The van der Waals surface area contributed by atoms with Gasteiger partial charge in [0.2, 0.25) is 0 Å². The van der Waals surface area contributed by atoms with Gasteiger partial charge < -0.3 is 4.90 Å². The number of likely N-dealkylation sites (tertiary alicyclic amines) is 1. The Hall–Kier alpha value is -0.830. The number of piperidine rings is 1. The lowest BCUT2D eigenvalue weighted by Gasteiger charge is -2.40. The van der Waals surface area contributed by atoms with Crippen LogP contribution < -0.4 is 0 Å². The van der Waals surface area contributed by atoms with Crippen LogP contribution in [0.25, 0.3) is 0 Å². The van der Waals surface area contributed by atoms with Gasteiger partial charge in [0, 0.05) is 31.8 Å². The van der Waals surface area contributed by atoms with Crippen LogP contribution in [0, 0.1) is 5.92 Å².